The van der Waals surface area contributed by atoms with Crippen molar-refractivity contribution in [2.45, 2.75) is 38.8 Å². The van der Waals surface area contributed by atoms with Gasteiger partial charge >= 0.3 is 0 Å². The molecule has 1 N–H and O–H groups in total. The number of ether oxygens (including phenoxy) is 1. The van der Waals surface area contributed by atoms with Crippen LogP contribution in [0.25, 0.3) is 0 Å². The molecule has 0 aliphatic carbocycles. The minimum absolute atomic E-state index is 0.788. The van der Waals surface area contributed by atoms with Gasteiger partial charge in [0.2, 0.25) is 0 Å². The van der Waals surface area contributed by atoms with Crippen molar-refractivity contribution in [1.29, 1.82) is 0 Å². The minimum atomic E-state index is 0.788. The lowest BCUT2D eigenvalue weighted by Crippen LogP contribution is -2.39. The summed E-state index contributed by atoms with van der Waals surface area (Å²) in [7, 11) is 6.23. The molecule has 0 bridgehead atoms. The molecule has 2 heterocycles. The van der Waals surface area contributed by atoms with Gasteiger partial charge in [-0.05, 0) is 62.9 Å². The minimum Gasteiger partial charge on any atom is -0.381 e. The smallest absolute Gasteiger partial charge is 0.193 e. The largest absolute Gasteiger partial charge is 0.381 e. The van der Waals surface area contributed by atoms with Crippen molar-refractivity contribution in [2.24, 2.45) is 10.9 Å². The van der Waals surface area contributed by atoms with E-state index in [4.69, 9.17) is 4.74 Å². The maximum atomic E-state index is 5.47. The molecule has 0 saturated carbocycles. The second-order valence-electron chi connectivity index (χ2n) is 8.92. The zero-order valence-corrected chi connectivity index (χ0v) is 19.3. The second-order valence-corrected chi connectivity index (χ2v) is 8.92. The highest BCUT2D eigenvalue weighted by Crippen LogP contribution is 2.18. The normalized spacial score (nSPS) is 20.2. The molecule has 0 radical (unpaired) electrons. The van der Waals surface area contributed by atoms with Crippen molar-refractivity contribution in [3.8, 4) is 0 Å². The molecular weight excluding hydrogens is 374 g/mol. The Morgan fingerprint density at radius 2 is 1.83 bits per heavy atom. The van der Waals surface area contributed by atoms with E-state index in [1.165, 1.54) is 56.4 Å². The van der Waals surface area contributed by atoms with Gasteiger partial charge in [-0.25, -0.2) is 0 Å². The molecule has 168 valence electrons. The van der Waals surface area contributed by atoms with Crippen LogP contribution in [0.1, 0.15) is 36.8 Å². The van der Waals surface area contributed by atoms with Gasteiger partial charge in [0.05, 0.1) is 0 Å². The summed E-state index contributed by atoms with van der Waals surface area (Å²) < 4.78 is 5.47. The molecule has 2 saturated heterocycles. The van der Waals surface area contributed by atoms with Gasteiger partial charge in [0, 0.05) is 60.0 Å². The zero-order chi connectivity index (χ0) is 21.2. The molecule has 30 heavy (non-hydrogen) atoms. The molecule has 2 aliphatic rings. The molecule has 0 unspecified atom stereocenters. The van der Waals surface area contributed by atoms with E-state index >= 15 is 0 Å². The van der Waals surface area contributed by atoms with E-state index in [-0.39, 0.29) is 0 Å². The molecule has 0 spiro atoms. The van der Waals surface area contributed by atoms with Crippen LogP contribution in [0.4, 0.5) is 0 Å². The number of hydrogen-bond acceptors (Lipinski definition) is 4. The first-order valence-electron chi connectivity index (χ1n) is 11.6. The van der Waals surface area contributed by atoms with Gasteiger partial charge in [-0.15, -0.1) is 0 Å². The summed E-state index contributed by atoms with van der Waals surface area (Å²) in [6, 6.07) is 9.07. The average molecular weight is 416 g/mol. The van der Waals surface area contributed by atoms with Crippen LogP contribution >= 0.6 is 0 Å². The topological polar surface area (TPSA) is 43.3 Å². The highest BCUT2D eigenvalue weighted by atomic mass is 16.5. The van der Waals surface area contributed by atoms with E-state index in [9.17, 15) is 0 Å². The molecule has 6 heteroatoms. The summed E-state index contributed by atoms with van der Waals surface area (Å²) >= 11 is 0. The second kappa shape index (κ2) is 12.3. The van der Waals surface area contributed by atoms with Gasteiger partial charge in [0.1, 0.15) is 0 Å². The fourth-order valence-corrected chi connectivity index (χ4v) is 4.36. The fourth-order valence-electron chi connectivity index (χ4n) is 4.36. The molecule has 1 aromatic carbocycles. The van der Waals surface area contributed by atoms with E-state index in [1.54, 1.807) is 0 Å². The molecule has 3 rings (SSSR count). The molecule has 6 nitrogen and oxygen atoms in total. The van der Waals surface area contributed by atoms with E-state index in [0.717, 1.165) is 51.3 Å². The van der Waals surface area contributed by atoms with Crippen LogP contribution in [-0.2, 0) is 17.8 Å². The molecule has 1 aromatic rings. The third-order valence-electron chi connectivity index (χ3n) is 6.48. The van der Waals surface area contributed by atoms with Crippen LogP contribution in [0.2, 0.25) is 0 Å². The fraction of sp³-hybridized carbons (Fsp3) is 0.708. The third kappa shape index (κ3) is 7.56. The standard InChI is InChI=1S/C24H41N5O/c1-25-24(28(3)14-9-21-10-17-30-18-11-21)26-19-22-5-7-23(8-6-22)20-29-13-4-12-27(2)15-16-29/h5-8,21H,4,9-20H2,1-3H3,(H,25,26). The van der Waals surface area contributed by atoms with Gasteiger partial charge in [0.15, 0.2) is 5.96 Å². The Labute approximate surface area is 183 Å². The Bertz CT molecular complexity index is 642. The van der Waals surface area contributed by atoms with Crippen LogP contribution in [0.3, 0.4) is 0 Å². The number of benzene rings is 1. The lowest BCUT2D eigenvalue weighted by molar-refractivity contribution is 0.0625. The Morgan fingerprint density at radius 1 is 1.10 bits per heavy atom. The van der Waals surface area contributed by atoms with Crippen LogP contribution in [0.5, 0.6) is 0 Å². The number of aliphatic imine (C=N–C) groups is 1. The average Bonchev–Trinajstić information content (AvgIpc) is 2.98. The Kier molecular flexibility index (Phi) is 9.43. The highest BCUT2D eigenvalue weighted by Gasteiger charge is 2.15. The van der Waals surface area contributed by atoms with Gasteiger partial charge in [-0.1, -0.05) is 24.3 Å². The summed E-state index contributed by atoms with van der Waals surface area (Å²) in [6.45, 7) is 9.49. The van der Waals surface area contributed by atoms with Gasteiger partial charge in [-0.3, -0.25) is 9.89 Å². The van der Waals surface area contributed by atoms with Crippen LogP contribution in [-0.4, -0.2) is 87.7 Å². The first-order chi connectivity index (χ1) is 14.6. The Balaban J connectivity index is 1.41. The maximum absolute atomic E-state index is 5.47. The van der Waals surface area contributed by atoms with E-state index < -0.39 is 0 Å². The van der Waals surface area contributed by atoms with Crippen molar-refractivity contribution < 1.29 is 4.74 Å². The SMILES string of the molecule is CN=C(NCc1ccc(CN2CCCN(C)CC2)cc1)N(C)CCC1CCOCC1. The molecule has 0 amide bonds. The Hall–Kier alpha value is -1.63. The first kappa shape index (κ1) is 23.0. The third-order valence-corrected chi connectivity index (χ3v) is 6.48. The predicted molar refractivity (Wildman–Crippen MR) is 125 cm³/mol. The first-order valence-corrected chi connectivity index (χ1v) is 11.6. The number of guanidine groups is 1. The van der Waals surface area contributed by atoms with Crippen molar-refractivity contribution >= 4 is 5.96 Å². The van der Waals surface area contributed by atoms with Crippen molar-refractivity contribution in [1.82, 2.24) is 20.0 Å². The maximum Gasteiger partial charge on any atom is 0.193 e. The van der Waals surface area contributed by atoms with Crippen LogP contribution in [0, 0.1) is 5.92 Å². The summed E-state index contributed by atoms with van der Waals surface area (Å²) in [5, 5.41) is 3.52. The van der Waals surface area contributed by atoms with Crippen LogP contribution in [0.15, 0.2) is 29.3 Å². The zero-order valence-electron chi connectivity index (χ0n) is 19.3. The van der Waals surface area contributed by atoms with Gasteiger partial charge < -0.3 is 19.9 Å². The van der Waals surface area contributed by atoms with Gasteiger partial charge in [-0.2, -0.15) is 0 Å². The van der Waals surface area contributed by atoms with Gasteiger partial charge in [0.25, 0.3) is 0 Å². The summed E-state index contributed by atoms with van der Waals surface area (Å²) in [5.41, 5.74) is 2.70. The number of nitrogens with zero attached hydrogens (tertiary/aromatic N) is 4. The summed E-state index contributed by atoms with van der Waals surface area (Å²) in [4.78, 5) is 11.7. The highest BCUT2D eigenvalue weighted by molar-refractivity contribution is 5.79. The van der Waals surface area contributed by atoms with Crippen molar-refractivity contribution in [2.75, 3.05) is 67.1 Å². The van der Waals surface area contributed by atoms with Crippen LogP contribution < -0.4 is 5.32 Å². The van der Waals surface area contributed by atoms with E-state index in [0.29, 0.717) is 0 Å². The van der Waals surface area contributed by atoms with Crippen molar-refractivity contribution in [3.05, 3.63) is 35.4 Å². The molecule has 2 fully saturated rings. The summed E-state index contributed by atoms with van der Waals surface area (Å²) in [6.07, 6.45) is 4.86. The Morgan fingerprint density at radius 3 is 2.57 bits per heavy atom. The molecule has 2 aliphatic heterocycles. The molecule has 0 atom stereocenters. The lowest BCUT2D eigenvalue weighted by Gasteiger charge is -2.27. The predicted octanol–water partition coefficient (Wildman–Crippen LogP) is 2.65. The molecule has 0 aromatic heterocycles. The number of likely N-dealkylation sites (N-methyl/N-ethyl adjacent to an activating group) is 1. The van der Waals surface area contributed by atoms with Crippen molar-refractivity contribution in [3.63, 3.8) is 0 Å². The monoisotopic (exact) mass is 415 g/mol. The lowest BCUT2D eigenvalue weighted by atomic mass is 9.96. The summed E-state index contributed by atoms with van der Waals surface area (Å²) in [5.74, 6) is 1.76. The van der Waals surface area contributed by atoms with E-state index in [1.807, 2.05) is 7.05 Å². The number of nitrogens with one attached hydrogen (secondary N) is 1. The number of hydrogen-bond donors (Lipinski definition) is 1. The quantitative estimate of drug-likeness (QED) is 0.548. The molecular formula is C24H41N5O. The number of rotatable bonds is 7. The van der Waals surface area contributed by atoms with E-state index in [2.05, 4.69) is 63.4 Å².